The van der Waals surface area contributed by atoms with Gasteiger partial charge in [0.1, 0.15) is 18.4 Å². The number of anilines is 1. The van der Waals surface area contributed by atoms with Gasteiger partial charge >= 0.3 is 0 Å². The molecule has 0 radical (unpaired) electrons. The average molecular weight is 398 g/mol. The van der Waals surface area contributed by atoms with Crippen LogP contribution >= 0.6 is 0 Å². The highest BCUT2D eigenvalue weighted by molar-refractivity contribution is 5.94. The first-order valence-electron chi connectivity index (χ1n) is 9.72. The van der Waals surface area contributed by atoms with Crippen LogP contribution in [0.1, 0.15) is 12.5 Å². The number of ether oxygens (including phenoxy) is 1. The number of nitrogens with one attached hydrogen (secondary N) is 1. The molecule has 6 heteroatoms. The zero-order valence-electron chi connectivity index (χ0n) is 16.6. The van der Waals surface area contributed by atoms with Crippen molar-refractivity contribution >= 4 is 11.6 Å². The van der Waals surface area contributed by atoms with Crippen LogP contribution in [0.2, 0.25) is 0 Å². The lowest BCUT2D eigenvalue weighted by atomic mass is 10.1. The molecule has 0 bridgehead atoms. The fraction of sp³-hybridized carbons (Fsp3) is 0.125. The number of carbonyl (C=O) groups is 1. The van der Waals surface area contributed by atoms with Gasteiger partial charge in [0.25, 0.3) is 5.91 Å². The summed E-state index contributed by atoms with van der Waals surface area (Å²) in [5.41, 5.74) is 3.97. The highest BCUT2D eigenvalue weighted by Crippen LogP contribution is 2.23. The number of hydrogen-bond donors (Lipinski definition) is 1. The van der Waals surface area contributed by atoms with Crippen LogP contribution in [0.15, 0.2) is 91.5 Å². The van der Waals surface area contributed by atoms with E-state index in [1.807, 2.05) is 66.7 Å². The molecular weight excluding hydrogens is 376 g/mol. The first kappa shape index (κ1) is 19.4. The molecule has 0 aliphatic heterocycles. The molecule has 1 amide bonds. The first-order chi connectivity index (χ1) is 14.7. The summed E-state index contributed by atoms with van der Waals surface area (Å²) >= 11 is 0. The lowest BCUT2D eigenvalue weighted by Gasteiger charge is -2.15. The van der Waals surface area contributed by atoms with Crippen LogP contribution in [-0.4, -0.2) is 26.8 Å². The molecular formula is C24H22N4O2. The van der Waals surface area contributed by atoms with Crippen LogP contribution in [0.3, 0.4) is 0 Å². The van der Waals surface area contributed by atoms with E-state index in [1.165, 1.54) is 6.33 Å². The highest BCUT2D eigenvalue weighted by atomic mass is 16.5. The molecule has 4 aromatic rings. The summed E-state index contributed by atoms with van der Waals surface area (Å²) in [6.07, 6.45) is 2.52. The average Bonchev–Trinajstić information content (AvgIpc) is 3.28. The lowest BCUT2D eigenvalue weighted by Crippen LogP contribution is -2.30. The minimum absolute atomic E-state index is 0.208. The molecule has 0 fully saturated rings. The minimum Gasteiger partial charge on any atom is -0.481 e. The third-order valence-electron chi connectivity index (χ3n) is 4.65. The summed E-state index contributed by atoms with van der Waals surface area (Å²) in [5.74, 6) is 0.442. The van der Waals surface area contributed by atoms with E-state index in [4.69, 9.17) is 4.74 Å². The van der Waals surface area contributed by atoms with Gasteiger partial charge in [-0.25, -0.2) is 9.67 Å². The zero-order valence-corrected chi connectivity index (χ0v) is 16.6. The number of amides is 1. The first-order valence-corrected chi connectivity index (χ1v) is 9.72. The van der Waals surface area contributed by atoms with Crippen LogP contribution in [0.4, 0.5) is 5.69 Å². The summed E-state index contributed by atoms with van der Waals surface area (Å²) in [6.45, 7) is 2.32. The molecule has 0 aliphatic carbocycles. The van der Waals surface area contributed by atoms with Crippen molar-refractivity contribution in [1.82, 2.24) is 14.8 Å². The molecule has 1 N–H and O–H groups in total. The fourth-order valence-electron chi connectivity index (χ4n) is 3.11. The maximum atomic E-state index is 12.6. The van der Waals surface area contributed by atoms with Gasteiger partial charge in [-0.1, -0.05) is 54.6 Å². The van der Waals surface area contributed by atoms with E-state index < -0.39 is 6.10 Å². The van der Waals surface area contributed by atoms with E-state index in [9.17, 15) is 4.79 Å². The predicted molar refractivity (Wildman–Crippen MR) is 116 cm³/mol. The molecule has 1 atom stereocenters. The van der Waals surface area contributed by atoms with E-state index in [0.717, 1.165) is 16.7 Å². The van der Waals surface area contributed by atoms with E-state index in [2.05, 4.69) is 27.5 Å². The van der Waals surface area contributed by atoms with Gasteiger partial charge in [0, 0.05) is 5.69 Å². The number of nitrogens with zero attached hydrogens (tertiary/aromatic N) is 3. The number of aromatic nitrogens is 3. The van der Waals surface area contributed by atoms with E-state index in [0.29, 0.717) is 18.0 Å². The van der Waals surface area contributed by atoms with Gasteiger partial charge in [-0.2, -0.15) is 5.10 Å². The molecule has 0 spiro atoms. The summed E-state index contributed by atoms with van der Waals surface area (Å²) in [4.78, 5) is 16.5. The lowest BCUT2D eigenvalue weighted by molar-refractivity contribution is -0.122. The maximum Gasteiger partial charge on any atom is 0.265 e. The van der Waals surface area contributed by atoms with Crippen molar-refractivity contribution in [3.8, 4) is 16.9 Å². The number of benzene rings is 3. The van der Waals surface area contributed by atoms with Crippen LogP contribution in [-0.2, 0) is 11.3 Å². The Labute approximate surface area is 175 Å². The third-order valence-corrected chi connectivity index (χ3v) is 4.65. The van der Waals surface area contributed by atoms with Crippen LogP contribution in [0, 0.1) is 0 Å². The van der Waals surface area contributed by atoms with Gasteiger partial charge in [0.15, 0.2) is 6.10 Å². The standard InChI is InChI=1S/C24H22N4O2/c1-18(30-23-12-10-21(11-13-23)20-7-3-2-4-8-20)24(29)27-22-9-5-6-19(14-22)15-28-17-25-16-26-28/h2-14,16-18H,15H2,1H3,(H,27,29)/t18-/m0/s1. The minimum atomic E-state index is -0.633. The van der Waals surface area contributed by atoms with Crippen molar-refractivity contribution in [2.75, 3.05) is 5.32 Å². The topological polar surface area (TPSA) is 69.0 Å². The van der Waals surface area contributed by atoms with Crippen LogP contribution in [0.5, 0.6) is 5.75 Å². The molecule has 0 aliphatic rings. The summed E-state index contributed by atoms with van der Waals surface area (Å²) < 4.78 is 7.55. The van der Waals surface area contributed by atoms with Gasteiger partial charge in [0.2, 0.25) is 0 Å². The Hall–Kier alpha value is -3.93. The molecule has 4 rings (SSSR count). The second-order valence-electron chi connectivity index (χ2n) is 6.93. The van der Waals surface area contributed by atoms with Gasteiger partial charge in [0.05, 0.1) is 6.54 Å². The van der Waals surface area contributed by atoms with Crippen molar-refractivity contribution in [3.63, 3.8) is 0 Å². The van der Waals surface area contributed by atoms with E-state index >= 15 is 0 Å². The number of hydrogen-bond acceptors (Lipinski definition) is 4. The Kier molecular flexibility index (Phi) is 5.85. The highest BCUT2D eigenvalue weighted by Gasteiger charge is 2.15. The molecule has 150 valence electrons. The monoisotopic (exact) mass is 398 g/mol. The molecule has 0 saturated heterocycles. The van der Waals surface area contributed by atoms with Gasteiger partial charge in [-0.05, 0) is 47.9 Å². The Balaban J connectivity index is 1.36. The maximum absolute atomic E-state index is 12.6. The van der Waals surface area contributed by atoms with E-state index in [-0.39, 0.29) is 5.91 Å². The van der Waals surface area contributed by atoms with Crippen LogP contribution < -0.4 is 10.1 Å². The fourth-order valence-corrected chi connectivity index (χ4v) is 3.11. The van der Waals surface area contributed by atoms with Gasteiger partial charge < -0.3 is 10.1 Å². The van der Waals surface area contributed by atoms with E-state index in [1.54, 1.807) is 17.9 Å². The normalized spacial score (nSPS) is 11.6. The summed E-state index contributed by atoms with van der Waals surface area (Å²) in [7, 11) is 0. The Morgan fingerprint density at radius 2 is 1.77 bits per heavy atom. The summed E-state index contributed by atoms with van der Waals surface area (Å²) in [6, 6.07) is 25.5. The largest absolute Gasteiger partial charge is 0.481 e. The molecule has 30 heavy (non-hydrogen) atoms. The SMILES string of the molecule is C[C@H](Oc1ccc(-c2ccccc2)cc1)C(=O)Nc1cccc(Cn2cncn2)c1. The number of carbonyl (C=O) groups excluding carboxylic acids is 1. The van der Waals surface area contributed by atoms with Crippen molar-refractivity contribution in [3.05, 3.63) is 97.1 Å². The Morgan fingerprint density at radius 1 is 1.00 bits per heavy atom. The molecule has 3 aromatic carbocycles. The number of rotatable bonds is 7. The summed E-state index contributed by atoms with van der Waals surface area (Å²) in [5, 5.41) is 7.01. The Bertz CT molecular complexity index is 1090. The molecule has 1 aromatic heterocycles. The van der Waals surface area contributed by atoms with Crippen molar-refractivity contribution in [1.29, 1.82) is 0 Å². The van der Waals surface area contributed by atoms with Crippen LogP contribution in [0.25, 0.3) is 11.1 Å². The zero-order chi connectivity index (χ0) is 20.8. The third kappa shape index (κ3) is 4.91. The quantitative estimate of drug-likeness (QED) is 0.501. The van der Waals surface area contributed by atoms with Crippen molar-refractivity contribution in [2.45, 2.75) is 19.6 Å². The Morgan fingerprint density at radius 3 is 2.50 bits per heavy atom. The van der Waals surface area contributed by atoms with Gasteiger partial charge in [-0.3, -0.25) is 4.79 Å². The smallest absolute Gasteiger partial charge is 0.265 e. The molecule has 0 unspecified atom stereocenters. The molecule has 0 saturated carbocycles. The second-order valence-corrected chi connectivity index (χ2v) is 6.93. The predicted octanol–water partition coefficient (Wildman–Crippen LogP) is 4.40. The molecule has 6 nitrogen and oxygen atoms in total. The van der Waals surface area contributed by atoms with Crippen molar-refractivity contribution in [2.24, 2.45) is 0 Å². The van der Waals surface area contributed by atoms with Crippen molar-refractivity contribution < 1.29 is 9.53 Å². The van der Waals surface area contributed by atoms with Gasteiger partial charge in [-0.15, -0.1) is 0 Å². The molecule has 1 heterocycles. The second kappa shape index (κ2) is 9.05.